The molecule has 1 heterocycles. The molecule has 0 fully saturated rings. The molecule has 106 valence electrons. The molecule has 0 saturated heterocycles. The molecule has 2 rings (SSSR count). The summed E-state index contributed by atoms with van der Waals surface area (Å²) in [5, 5.41) is 6.78. The van der Waals surface area contributed by atoms with Crippen LogP contribution >= 0.6 is 11.5 Å². The van der Waals surface area contributed by atoms with Crippen LogP contribution in [0.25, 0.3) is 0 Å². The average molecular weight is 292 g/mol. The van der Waals surface area contributed by atoms with Crippen molar-refractivity contribution < 1.29 is 9.53 Å². The number of aryl methyl sites for hydroxylation is 1. The molecule has 1 aromatic heterocycles. The molecule has 6 nitrogen and oxygen atoms in total. The normalized spacial score (nSPS) is 10.3. The predicted octanol–water partition coefficient (Wildman–Crippen LogP) is 2.33. The second kappa shape index (κ2) is 6.33. The van der Waals surface area contributed by atoms with Gasteiger partial charge in [-0.1, -0.05) is 17.8 Å². The number of nitrogens with one attached hydrogen (secondary N) is 1. The number of rotatable bonds is 5. The highest BCUT2D eigenvalue weighted by molar-refractivity contribution is 7.08. The minimum atomic E-state index is -0.230. The Bertz CT molecular complexity index is 612. The Morgan fingerprint density at radius 2 is 2.30 bits per heavy atom. The highest BCUT2D eigenvalue weighted by atomic mass is 32.1. The van der Waals surface area contributed by atoms with Crippen LogP contribution in [0.2, 0.25) is 0 Å². The van der Waals surface area contributed by atoms with Gasteiger partial charge in [-0.3, -0.25) is 4.79 Å². The van der Waals surface area contributed by atoms with Crippen LogP contribution in [0.1, 0.15) is 28.7 Å². The highest BCUT2D eigenvalue weighted by Crippen LogP contribution is 2.27. The summed E-state index contributed by atoms with van der Waals surface area (Å²) in [5.74, 6) is 0.291. The van der Waals surface area contributed by atoms with Crippen LogP contribution in [0.4, 0.5) is 11.4 Å². The van der Waals surface area contributed by atoms with E-state index in [1.807, 2.05) is 6.92 Å². The zero-order valence-electron chi connectivity index (χ0n) is 11.3. The molecule has 1 amide bonds. The van der Waals surface area contributed by atoms with Gasteiger partial charge in [-0.05, 0) is 30.1 Å². The smallest absolute Gasteiger partial charge is 0.269 e. The Kier molecular flexibility index (Phi) is 4.52. The predicted molar refractivity (Wildman–Crippen MR) is 79.3 cm³/mol. The summed E-state index contributed by atoms with van der Waals surface area (Å²) in [6.07, 6.45) is 1.65. The maximum absolute atomic E-state index is 12.3. The number of carbonyl (C=O) groups is 1. The monoisotopic (exact) mass is 292 g/mol. The van der Waals surface area contributed by atoms with E-state index < -0.39 is 0 Å². The van der Waals surface area contributed by atoms with Crippen LogP contribution in [0.15, 0.2) is 18.2 Å². The molecule has 0 saturated carbocycles. The largest absolute Gasteiger partial charge is 0.494 e. The fourth-order valence-electron chi connectivity index (χ4n) is 1.77. The molecule has 20 heavy (non-hydrogen) atoms. The van der Waals surface area contributed by atoms with E-state index in [2.05, 4.69) is 14.9 Å². The molecule has 2 aromatic rings. The Labute approximate surface area is 121 Å². The van der Waals surface area contributed by atoms with Crippen LogP contribution in [0.5, 0.6) is 5.75 Å². The summed E-state index contributed by atoms with van der Waals surface area (Å²) in [7, 11) is 1.53. The number of nitrogen functional groups attached to an aromatic ring is 1. The molecule has 0 spiro atoms. The molecule has 1 aromatic carbocycles. The zero-order chi connectivity index (χ0) is 14.5. The van der Waals surface area contributed by atoms with E-state index in [-0.39, 0.29) is 5.91 Å². The summed E-state index contributed by atoms with van der Waals surface area (Å²) < 4.78 is 9.04. The fraction of sp³-hybridized carbons (Fsp3) is 0.308. The first-order valence-electron chi connectivity index (χ1n) is 6.21. The standard InChI is InChI=1S/C13H16N4O2S/c1-3-4-10-12(20-17-16-10)13(18)15-9-6-5-8(14)7-11(9)19-2/h5-7H,3-4,14H2,1-2H3,(H,15,18). The lowest BCUT2D eigenvalue weighted by atomic mass is 10.2. The van der Waals surface area contributed by atoms with Crippen molar-refractivity contribution in [2.45, 2.75) is 19.8 Å². The maximum Gasteiger partial charge on any atom is 0.269 e. The van der Waals surface area contributed by atoms with E-state index in [9.17, 15) is 4.79 Å². The van der Waals surface area contributed by atoms with E-state index >= 15 is 0 Å². The molecule has 0 unspecified atom stereocenters. The van der Waals surface area contributed by atoms with Crippen molar-refractivity contribution in [2.24, 2.45) is 0 Å². The van der Waals surface area contributed by atoms with Crippen LogP contribution in [0.3, 0.4) is 0 Å². The van der Waals surface area contributed by atoms with Gasteiger partial charge in [0, 0.05) is 11.8 Å². The van der Waals surface area contributed by atoms with Crippen molar-refractivity contribution in [3.8, 4) is 5.75 Å². The van der Waals surface area contributed by atoms with Gasteiger partial charge in [0.15, 0.2) is 0 Å². The van der Waals surface area contributed by atoms with Crippen LogP contribution < -0.4 is 15.8 Å². The summed E-state index contributed by atoms with van der Waals surface area (Å²) in [4.78, 5) is 12.8. The van der Waals surface area contributed by atoms with E-state index in [4.69, 9.17) is 10.5 Å². The second-order valence-electron chi connectivity index (χ2n) is 4.21. The topological polar surface area (TPSA) is 90.1 Å². The molecule has 0 aliphatic rings. The molecule has 0 aliphatic carbocycles. The van der Waals surface area contributed by atoms with Crippen molar-refractivity contribution in [1.29, 1.82) is 0 Å². The van der Waals surface area contributed by atoms with Gasteiger partial charge in [-0.25, -0.2) is 0 Å². The third kappa shape index (κ3) is 3.05. The molecular weight excluding hydrogens is 276 g/mol. The van der Waals surface area contributed by atoms with Gasteiger partial charge in [-0.15, -0.1) is 5.10 Å². The summed E-state index contributed by atoms with van der Waals surface area (Å²) >= 11 is 1.09. The molecule has 0 bridgehead atoms. The number of hydrogen-bond acceptors (Lipinski definition) is 6. The van der Waals surface area contributed by atoms with E-state index in [0.29, 0.717) is 22.0 Å². The first kappa shape index (κ1) is 14.3. The van der Waals surface area contributed by atoms with E-state index in [1.54, 1.807) is 18.2 Å². The number of ether oxygens (including phenoxy) is 1. The van der Waals surface area contributed by atoms with Gasteiger partial charge >= 0.3 is 0 Å². The van der Waals surface area contributed by atoms with Gasteiger partial charge in [-0.2, -0.15) is 0 Å². The van der Waals surface area contributed by atoms with Crippen molar-refractivity contribution in [1.82, 2.24) is 9.59 Å². The third-order valence-electron chi connectivity index (χ3n) is 2.72. The van der Waals surface area contributed by atoms with Crippen molar-refractivity contribution in [3.05, 3.63) is 28.8 Å². The lowest BCUT2D eigenvalue weighted by Gasteiger charge is -2.10. The number of nitrogens with two attached hydrogens (primary N) is 1. The molecule has 0 radical (unpaired) electrons. The van der Waals surface area contributed by atoms with Gasteiger partial charge in [0.1, 0.15) is 10.6 Å². The summed E-state index contributed by atoms with van der Waals surface area (Å²) in [5.41, 5.74) is 7.55. The van der Waals surface area contributed by atoms with Gasteiger partial charge in [0.2, 0.25) is 0 Å². The second-order valence-corrected chi connectivity index (χ2v) is 4.97. The number of anilines is 2. The fourth-order valence-corrected chi connectivity index (χ4v) is 2.37. The first-order chi connectivity index (χ1) is 9.65. The van der Waals surface area contributed by atoms with E-state index in [0.717, 1.165) is 30.1 Å². The van der Waals surface area contributed by atoms with Gasteiger partial charge in [0.05, 0.1) is 18.5 Å². The summed E-state index contributed by atoms with van der Waals surface area (Å²) in [6.45, 7) is 2.03. The SMILES string of the molecule is CCCc1nnsc1C(=O)Nc1ccc(N)cc1OC. The lowest BCUT2D eigenvalue weighted by molar-refractivity contribution is 0.102. The van der Waals surface area contributed by atoms with Gasteiger partial charge in [0.25, 0.3) is 5.91 Å². The van der Waals surface area contributed by atoms with Crippen LogP contribution in [-0.2, 0) is 6.42 Å². The number of amides is 1. The third-order valence-corrected chi connectivity index (χ3v) is 3.49. The minimum absolute atomic E-state index is 0.230. The first-order valence-corrected chi connectivity index (χ1v) is 6.99. The maximum atomic E-state index is 12.3. The Balaban J connectivity index is 2.21. The Hall–Kier alpha value is -2.15. The molecule has 7 heteroatoms. The van der Waals surface area contributed by atoms with Gasteiger partial charge < -0.3 is 15.8 Å². The summed E-state index contributed by atoms with van der Waals surface area (Å²) in [6, 6.07) is 5.07. The molecule has 3 N–H and O–H groups in total. The zero-order valence-corrected chi connectivity index (χ0v) is 12.2. The van der Waals surface area contributed by atoms with Crippen LogP contribution in [0, 0.1) is 0 Å². The number of methoxy groups -OCH3 is 1. The number of carbonyl (C=O) groups excluding carboxylic acids is 1. The highest BCUT2D eigenvalue weighted by Gasteiger charge is 2.17. The Morgan fingerprint density at radius 3 is 3.00 bits per heavy atom. The molecule has 0 atom stereocenters. The molecular formula is C13H16N4O2S. The quantitative estimate of drug-likeness (QED) is 0.825. The van der Waals surface area contributed by atoms with Crippen molar-refractivity contribution in [2.75, 3.05) is 18.2 Å². The van der Waals surface area contributed by atoms with E-state index in [1.165, 1.54) is 7.11 Å². The molecule has 0 aliphatic heterocycles. The van der Waals surface area contributed by atoms with Crippen molar-refractivity contribution >= 4 is 28.8 Å². The average Bonchev–Trinajstić information content (AvgIpc) is 2.89. The number of hydrogen-bond donors (Lipinski definition) is 2. The van der Waals surface area contributed by atoms with Crippen molar-refractivity contribution in [3.63, 3.8) is 0 Å². The number of benzene rings is 1. The number of nitrogens with zero attached hydrogens (tertiary/aromatic N) is 2. The minimum Gasteiger partial charge on any atom is -0.494 e. The Morgan fingerprint density at radius 1 is 1.50 bits per heavy atom. The van der Waals surface area contributed by atoms with Crippen LogP contribution in [-0.4, -0.2) is 22.6 Å². The number of aromatic nitrogens is 2. The lowest BCUT2D eigenvalue weighted by Crippen LogP contribution is -2.13.